The Balaban J connectivity index is 2.62. The van der Waals surface area contributed by atoms with E-state index in [4.69, 9.17) is 5.73 Å². The van der Waals surface area contributed by atoms with E-state index in [0.29, 0.717) is 5.56 Å². The summed E-state index contributed by atoms with van der Waals surface area (Å²) in [7, 11) is 0. The van der Waals surface area contributed by atoms with Gasteiger partial charge in [0.15, 0.2) is 0 Å². The number of nitrogens with two attached hydrogens (primary N) is 1. The second-order valence-electron chi connectivity index (χ2n) is 4.48. The van der Waals surface area contributed by atoms with Crippen LogP contribution in [0.5, 0.6) is 0 Å². The van der Waals surface area contributed by atoms with Gasteiger partial charge in [0.2, 0.25) is 5.91 Å². The number of thiol groups is 1. The van der Waals surface area contributed by atoms with E-state index >= 15 is 0 Å². The summed E-state index contributed by atoms with van der Waals surface area (Å²) in [5, 5.41) is 2.68. The number of hydrogen-bond acceptors (Lipinski definition) is 3. The molecule has 0 bridgehead atoms. The van der Waals surface area contributed by atoms with E-state index in [1.807, 2.05) is 0 Å². The highest BCUT2D eigenvalue weighted by atomic mass is 32.1. The summed E-state index contributed by atoms with van der Waals surface area (Å²) >= 11 is 4.13. The van der Waals surface area contributed by atoms with E-state index < -0.39 is 11.3 Å². The van der Waals surface area contributed by atoms with Crippen molar-refractivity contribution >= 4 is 24.4 Å². The van der Waals surface area contributed by atoms with Gasteiger partial charge < -0.3 is 11.1 Å². The maximum atomic E-state index is 11.7. The van der Waals surface area contributed by atoms with E-state index in [1.165, 1.54) is 0 Å². The summed E-state index contributed by atoms with van der Waals surface area (Å²) in [4.78, 5) is 23.6. The molecular weight excluding hydrogens is 236 g/mol. The van der Waals surface area contributed by atoms with Crippen molar-refractivity contribution < 1.29 is 9.59 Å². The number of nitrogens with one attached hydrogen (secondary N) is 1. The molecule has 0 radical (unpaired) electrons. The van der Waals surface area contributed by atoms with Gasteiger partial charge in [0.25, 0.3) is 5.91 Å². The molecule has 0 aliphatic heterocycles. The monoisotopic (exact) mass is 252 g/mol. The van der Waals surface area contributed by atoms with Crippen LogP contribution in [0, 0.1) is 5.41 Å². The van der Waals surface area contributed by atoms with Gasteiger partial charge >= 0.3 is 0 Å². The molecule has 5 heteroatoms. The molecule has 0 saturated carbocycles. The number of primary amides is 1. The van der Waals surface area contributed by atoms with Gasteiger partial charge in [0.1, 0.15) is 0 Å². The fourth-order valence-electron chi connectivity index (χ4n) is 1.10. The molecule has 0 aliphatic rings. The quantitative estimate of drug-likeness (QED) is 0.705. The second-order valence-corrected chi connectivity index (χ2v) is 4.99. The summed E-state index contributed by atoms with van der Waals surface area (Å²) < 4.78 is 0. The third kappa shape index (κ3) is 3.78. The zero-order valence-corrected chi connectivity index (χ0v) is 10.8. The molecule has 0 unspecified atom stereocenters. The largest absolute Gasteiger partial charge is 0.369 e. The second kappa shape index (κ2) is 5.23. The molecule has 0 spiro atoms. The predicted molar refractivity (Wildman–Crippen MR) is 69.0 cm³/mol. The molecule has 1 rings (SSSR count). The molecule has 17 heavy (non-hydrogen) atoms. The van der Waals surface area contributed by atoms with Crippen LogP contribution in [0.2, 0.25) is 0 Å². The summed E-state index contributed by atoms with van der Waals surface area (Å²) in [5.74, 6) is -0.670. The Hall–Kier alpha value is -1.49. The van der Waals surface area contributed by atoms with Crippen LogP contribution in [0.4, 0.5) is 0 Å². The normalized spacial score (nSPS) is 11.0. The lowest BCUT2D eigenvalue weighted by Gasteiger charge is -2.20. The smallest absolute Gasteiger partial charge is 0.251 e. The first kappa shape index (κ1) is 13.6. The van der Waals surface area contributed by atoms with Crippen LogP contribution in [-0.4, -0.2) is 18.4 Å². The SMILES string of the molecule is CC(C)(CNC(=O)c1ccc(S)cc1)C(N)=O. The zero-order chi connectivity index (χ0) is 13.1. The highest BCUT2D eigenvalue weighted by Crippen LogP contribution is 2.13. The number of benzene rings is 1. The number of carbonyl (C=O) groups excluding carboxylic acids is 2. The minimum absolute atomic E-state index is 0.212. The predicted octanol–water partition coefficient (Wildman–Crippen LogP) is 1.22. The maximum Gasteiger partial charge on any atom is 0.251 e. The summed E-state index contributed by atoms with van der Waals surface area (Å²) in [6.07, 6.45) is 0. The highest BCUT2D eigenvalue weighted by molar-refractivity contribution is 7.80. The van der Waals surface area contributed by atoms with Crippen molar-refractivity contribution in [1.82, 2.24) is 5.32 Å². The molecule has 2 amide bonds. The van der Waals surface area contributed by atoms with Gasteiger partial charge in [0, 0.05) is 17.0 Å². The molecule has 4 nitrogen and oxygen atoms in total. The van der Waals surface area contributed by atoms with Crippen LogP contribution in [0.25, 0.3) is 0 Å². The molecule has 92 valence electrons. The lowest BCUT2D eigenvalue weighted by atomic mass is 9.92. The molecule has 1 aromatic rings. The van der Waals surface area contributed by atoms with Crippen LogP contribution in [0.3, 0.4) is 0 Å². The first-order valence-electron chi connectivity index (χ1n) is 5.20. The number of carbonyl (C=O) groups is 2. The molecule has 0 atom stereocenters. The Bertz CT molecular complexity index is 427. The molecule has 0 heterocycles. The van der Waals surface area contributed by atoms with Crippen molar-refractivity contribution in [3.63, 3.8) is 0 Å². The van der Waals surface area contributed by atoms with Crippen LogP contribution in [-0.2, 0) is 4.79 Å². The van der Waals surface area contributed by atoms with Gasteiger partial charge in [-0.05, 0) is 38.1 Å². The fraction of sp³-hybridized carbons (Fsp3) is 0.333. The molecule has 0 aromatic heterocycles. The van der Waals surface area contributed by atoms with Crippen LogP contribution in [0.15, 0.2) is 29.2 Å². The minimum Gasteiger partial charge on any atom is -0.369 e. The van der Waals surface area contributed by atoms with Crippen LogP contribution in [0.1, 0.15) is 24.2 Å². The van der Waals surface area contributed by atoms with Crippen LogP contribution >= 0.6 is 12.6 Å². The van der Waals surface area contributed by atoms with E-state index in [9.17, 15) is 9.59 Å². The van der Waals surface area contributed by atoms with Crippen molar-refractivity contribution in [3.8, 4) is 0 Å². The summed E-state index contributed by atoms with van der Waals surface area (Å²) in [6, 6.07) is 6.82. The molecule has 0 fully saturated rings. The van der Waals surface area contributed by atoms with Crippen molar-refractivity contribution in [2.45, 2.75) is 18.7 Å². The Kier molecular flexibility index (Phi) is 4.17. The molecule has 0 aliphatic carbocycles. The Morgan fingerprint density at radius 2 is 1.82 bits per heavy atom. The van der Waals surface area contributed by atoms with Crippen molar-refractivity contribution in [1.29, 1.82) is 0 Å². The number of amides is 2. The lowest BCUT2D eigenvalue weighted by molar-refractivity contribution is -0.125. The van der Waals surface area contributed by atoms with Gasteiger partial charge in [-0.1, -0.05) is 0 Å². The van der Waals surface area contributed by atoms with Gasteiger partial charge in [-0.15, -0.1) is 12.6 Å². The molecule has 3 N–H and O–H groups in total. The average molecular weight is 252 g/mol. The van der Waals surface area contributed by atoms with Gasteiger partial charge in [0.05, 0.1) is 5.41 Å². The van der Waals surface area contributed by atoms with Crippen molar-refractivity contribution in [3.05, 3.63) is 29.8 Å². The van der Waals surface area contributed by atoms with E-state index in [-0.39, 0.29) is 12.5 Å². The van der Waals surface area contributed by atoms with Crippen molar-refractivity contribution in [2.75, 3.05) is 6.54 Å². The Morgan fingerprint density at radius 1 is 1.29 bits per heavy atom. The van der Waals surface area contributed by atoms with E-state index in [2.05, 4.69) is 17.9 Å². The standard InChI is InChI=1S/C12H16N2O2S/c1-12(2,11(13)16)7-14-10(15)8-3-5-9(17)6-4-8/h3-6,17H,7H2,1-2H3,(H2,13,16)(H,14,15). The van der Waals surface area contributed by atoms with Crippen molar-refractivity contribution in [2.24, 2.45) is 11.1 Å². The van der Waals surface area contributed by atoms with Gasteiger partial charge in [-0.3, -0.25) is 9.59 Å². The fourth-order valence-corrected chi connectivity index (χ4v) is 1.25. The van der Waals surface area contributed by atoms with Gasteiger partial charge in [-0.2, -0.15) is 0 Å². The Labute approximate surface area is 106 Å². The highest BCUT2D eigenvalue weighted by Gasteiger charge is 2.25. The maximum absolute atomic E-state index is 11.7. The molecular formula is C12H16N2O2S. The average Bonchev–Trinajstić information content (AvgIpc) is 2.27. The summed E-state index contributed by atoms with van der Waals surface area (Å²) in [5.41, 5.74) is 4.99. The third-order valence-electron chi connectivity index (χ3n) is 2.49. The van der Waals surface area contributed by atoms with Crippen LogP contribution < -0.4 is 11.1 Å². The van der Waals surface area contributed by atoms with E-state index in [0.717, 1.165) is 4.90 Å². The van der Waals surface area contributed by atoms with E-state index in [1.54, 1.807) is 38.1 Å². The number of rotatable bonds is 4. The van der Waals surface area contributed by atoms with Gasteiger partial charge in [-0.25, -0.2) is 0 Å². The third-order valence-corrected chi connectivity index (χ3v) is 2.79. The molecule has 1 aromatic carbocycles. The molecule has 0 saturated heterocycles. The first-order valence-corrected chi connectivity index (χ1v) is 5.65. The minimum atomic E-state index is -0.751. The summed E-state index contributed by atoms with van der Waals surface area (Å²) in [6.45, 7) is 3.59. The lowest BCUT2D eigenvalue weighted by Crippen LogP contribution is -2.42. The Morgan fingerprint density at radius 3 is 2.29 bits per heavy atom. The number of hydrogen-bond donors (Lipinski definition) is 3. The zero-order valence-electron chi connectivity index (χ0n) is 9.86. The first-order chi connectivity index (χ1) is 7.83. The topological polar surface area (TPSA) is 72.2 Å².